The first kappa shape index (κ1) is 17.9. The van der Waals surface area contributed by atoms with Crippen LogP contribution in [0.1, 0.15) is 32.1 Å². The van der Waals surface area contributed by atoms with Crippen molar-refractivity contribution in [3.63, 3.8) is 0 Å². The number of esters is 1. The molecule has 0 radical (unpaired) electrons. The molecule has 1 aliphatic heterocycles. The largest absolute Gasteiger partial charge is 0.486 e. The fourth-order valence-corrected chi connectivity index (χ4v) is 4.42. The third-order valence-corrected chi connectivity index (χ3v) is 5.84. The average molecular weight is 387 g/mol. The minimum atomic E-state index is -0.420. The van der Waals surface area contributed by atoms with Crippen molar-refractivity contribution in [2.24, 2.45) is 0 Å². The number of thiophene rings is 1. The van der Waals surface area contributed by atoms with Gasteiger partial charge in [-0.1, -0.05) is 6.07 Å². The van der Waals surface area contributed by atoms with Crippen molar-refractivity contribution in [1.82, 2.24) is 5.32 Å². The molecule has 1 amide bonds. The van der Waals surface area contributed by atoms with E-state index in [1.807, 2.05) is 24.3 Å². The lowest BCUT2D eigenvalue weighted by molar-refractivity contribution is -0.124. The summed E-state index contributed by atoms with van der Waals surface area (Å²) in [5.41, 5.74) is 2.29. The Balaban J connectivity index is 1.20. The Morgan fingerprint density at radius 3 is 2.81 bits per heavy atom. The van der Waals surface area contributed by atoms with Gasteiger partial charge in [0, 0.05) is 11.4 Å². The van der Waals surface area contributed by atoms with Gasteiger partial charge in [-0.15, -0.1) is 11.3 Å². The van der Waals surface area contributed by atoms with Crippen LogP contribution in [0.25, 0.3) is 0 Å². The number of hydrogen-bond acceptors (Lipinski definition) is 6. The highest BCUT2D eigenvalue weighted by Crippen LogP contribution is 2.31. The topological polar surface area (TPSA) is 73.9 Å². The van der Waals surface area contributed by atoms with Crippen LogP contribution in [-0.4, -0.2) is 38.2 Å². The van der Waals surface area contributed by atoms with E-state index >= 15 is 0 Å². The highest BCUT2D eigenvalue weighted by atomic mass is 32.1. The second kappa shape index (κ2) is 8.00. The van der Waals surface area contributed by atoms with Crippen LogP contribution in [0.5, 0.6) is 11.5 Å². The van der Waals surface area contributed by atoms with Crippen molar-refractivity contribution in [3.8, 4) is 11.5 Å². The number of rotatable bonds is 6. The molecular weight excluding hydrogens is 366 g/mol. The van der Waals surface area contributed by atoms with Gasteiger partial charge in [0.05, 0.1) is 0 Å². The van der Waals surface area contributed by atoms with Gasteiger partial charge in [0.2, 0.25) is 0 Å². The zero-order valence-electron chi connectivity index (χ0n) is 14.9. The molecule has 27 heavy (non-hydrogen) atoms. The monoisotopic (exact) mass is 387 g/mol. The predicted molar refractivity (Wildman–Crippen MR) is 101 cm³/mol. The summed E-state index contributed by atoms with van der Waals surface area (Å²) in [6.45, 7) is 1.31. The molecule has 0 saturated carbocycles. The highest BCUT2D eigenvalue weighted by molar-refractivity contribution is 7.14. The Bertz CT molecular complexity index is 839. The SMILES string of the molecule is O=C(COC(=O)c1cc2c(s1)CCC2)NCCc1ccc2c(c1)OCCO2. The fourth-order valence-electron chi connectivity index (χ4n) is 3.27. The van der Waals surface area contributed by atoms with E-state index in [0.29, 0.717) is 31.1 Å². The minimum Gasteiger partial charge on any atom is -0.486 e. The lowest BCUT2D eigenvalue weighted by atomic mass is 10.1. The minimum absolute atomic E-state index is 0.261. The lowest BCUT2D eigenvalue weighted by Gasteiger charge is -2.18. The molecule has 1 aliphatic carbocycles. The molecule has 1 N–H and O–H groups in total. The van der Waals surface area contributed by atoms with Gasteiger partial charge in [0.15, 0.2) is 18.1 Å². The molecule has 2 heterocycles. The maximum absolute atomic E-state index is 12.1. The number of fused-ring (bicyclic) bond motifs is 2. The molecule has 0 atom stereocenters. The van der Waals surface area contributed by atoms with Gasteiger partial charge >= 0.3 is 5.97 Å². The molecule has 6 nitrogen and oxygen atoms in total. The Hall–Kier alpha value is -2.54. The van der Waals surface area contributed by atoms with Gasteiger partial charge in [0.25, 0.3) is 5.91 Å². The van der Waals surface area contributed by atoms with E-state index in [1.165, 1.54) is 21.8 Å². The zero-order valence-corrected chi connectivity index (χ0v) is 15.7. The molecule has 0 bridgehead atoms. The van der Waals surface area contributed by atoms with Gasteiger partial charge in [0.1, 0.15) is 18.1 Å². The molecule has 1 aromatic carbocycles. The van der Waals surface area contributed by atoms with Gasteiger partial charge < -0.3 is 19.5 Å². The number of amides is 1. The fraction of sp³-hybridized carbons (Fsp3) is 0.400. The predicted octanol–water partition coefficient (Wildman–Crippen LogP) is 2.52. The van der Waals surface area contributed by atoms with Gasteiger partial charge in [-0.3, -0.25) is 4.79 Å². The highest BCUT2D eigenvalue weighted by Gasteiger charge is 2.20. The van der Waals surface area contributed by atoms with Gasteiger partial charge in [-0.2, -0.15) is 0 Å². The Labute approximate surface area is 161 Å². The summed E-state index contributed by atoms with van der Waals surface area (Å²) >= 11 is 1.48. The van der Waals surface area contributed by atoms with Crippen LogP contribution in [0.15, 0.2) is 24.3 Å². The summed E-state index contributed by atoms with van der Waals surface area (Å²) in [4.78, 5) is 25.8. The Kier molecular flexibility index (Phi) is 5.29. The van der Waals surface area contributed by atoms with Crippen LogP contribution in [0.2, 0.25) is 0 Å². The van der Waals surface area contributed by atoms with Gasteiger partial charge in [-0.05, 0) is 55.0 Å². The Morgan fingerprint density at radius 1 is 1.11 bits per heavy atom. The summed E-state index contributed by atoms with van der Waals surface area (Å²) < 4.78 is 16.2. The quantitative estimate of drug-likeness (QED) is 0.771. The second-order valence-electron chi connectivity index (χ2n) is 6.57. The summed E-state index contributed by atoms with van der Waals surface area (Å²) in [5.74, 6) is 0.767. The first-order chi connectivity index (χ1) is 13.2. The van der Waals surface area contributed by atoms with Crippen molar-refractivity contribution in [3.05, 3.63) is 45.1 Å². The number of hydrogen-bond donors (Lipinski definition) is 1. The molecular formula is C20H21NO5S. The first-order valence-electron chi connectivity index (χ1n) is 9.13. The standard InChI is InChI=1S/C20H21NO5S/c22-19(12-26-20(23)18-11-14-2-1-3-17(14)27-18)21-7-6-13-4-5-15-16(10-13)25-9-8-24-15/h4-5,10-11H,1-3,6-9,12H2,(H,21,22). The molecule has 2 aromatic rings. The maximum atomic E-state index is 12.1. The molecule has 4 rings (SSSR count). The van der Waals surface area contributed by atoms with Crippen molar-refractivity contribution < 1.29 is 23.8 Å². The lowest BCUT2D eigenvalue weighted by Crippen LogP contribution is -2.30. The van der Waals surface area contributed by atoms with E-state index in [0.717, 1.165) is 36.3 Å². The van der Waals surface area contributed by atoms with Crippen LogP contribution in [0, 0.1) is 0 Å². The van der Waals surface area contributed by atoms with E-state index in [1.54, 1.807) is 0 Å². The molecule has 142 valence electrons. The summed E-state index contributed by atoms with van der Waals surface area (Å²) in [6.07, 6.45) is 3.88. The number of nitrogens with one attached hydrogen (secondary N) is 1. The third-order valence-electron chi connectivity index (χ3n) is 4.62. The molecule has 0 saturated heterocycles. The zero-order chi connectivity index (χ0) is 18.6. The number of carbonyl (C=O) groups excluding carboxylic acids is 2. The van der Waals surface area contributed by atoms with Crippen LogP contribution < -0.4 is 14.8 Å². The van der Waals surface area contributed by atoms with E-state index < -0.39 is 5.97 Å². The molecule has 7 heteroatoms. The summed E-state index contributed by atoms with van der Waals surface area (Å²) in [5, 5.41) is 2.77. The molecule has 0 unspecified atom stereocenters. The normalized spacial score (nSPS) is 14.5. The Morgan fingerprint density at radius 2 is 1.96 bits per heavy atom. The van der Waals surface area contributed by atoms with Crippen molar-refractivity contribution in [1.29, 1.82) is 0 Å². The molecule has 1 aromatic heterocycles. The van der Waals surface area contributed by atoms with Crippen LogP contribution in [0.4, 0.5) is 0 Å². The van der Waals surface area contributed by atoms with Crippen molar-refractivity contribution in [2.75, 3.05) is 26.4 Å². The van der Waals surface area contributed by atoms with E-state index in [4.69, 9.17) is 14.2 Å². The van der Waals surface area contributed by atoms with E-state index in [-0.39, 0.29) is 12.5 Å². The first-order valence-corrected chi connectivity index (χ1v) is 9.94. The van der Waals surface area contributed by atoms with E-state index in [2.05, 4.69) is 5.32 Å². The number of ether oxygens (including phenoxy) is 3. The van der Waals surface area contributed by atoms with Crippen molar-refractivity contribution in [2.45, 2.75) is 25.7 Å². The smallest absolute Gasteiger partial charge is 0.348 e. The number of aryl methyl sites for hydroxylation is 2. The van der Waals surface area contributed by atoms with Gasteiger partial charge in [-0.25, -0.2) is 4.79 Å². The van der Waals surface area contributed by atoms with E-state index in [9.17, 15) is 9.59 Å². The molecule has 0 spiro atoms. The second-order valence-corrected chi connectivity index (χ2v) is 7.70. The van der Waals surface area contributed by atoms with Crippen LogP contribution >= 0.6 is 11.3 Å². The molecule has 2 aliphatic rings. The number of benzene rings is 1. The summed E-state index contributed by atoms with van der Waals surface area (Å²) in [7, 11) is 0. The number of carbonyl (C=O) groups is 2. The average Bonchev–Trinajstić information content (AvgIpc) is 3.28. The summed E-state index contributed by atoms with van der Waals surface area (Å²) in [6, 6.07) is 7.66. The van der Waals surface area contributed by atoms with Crippen LogP contribution in [-0.2, 0) is 28.8 Å². The maximum Gasteiger partial charge on any atom is 0.348 e. The third kappa shape index (κ3) is 4.24. The molecule has 0 fully saturated rings. The van der Waals surface area contributed by atoms with Crippen molar-refractivity contribution >= 4 is 23.2 Å². The van der Waals surface area contributed by atoms with Crippen LogP contribution in [0.3, 0.4) is 0 Å².